The summed E-state index contributed by atoms with van der Waals surface area (Å²) < 4.78 is 12.5. The molecule has 10 heteroatoms. The maximum atomic E-state index is 13.3. The molecular formula is C23H23ClN5O4+. The zero-order chi connectivity index (χ0) is 23.2. The normalized spacial score (nSPS) is 16.7. The average Bonchev–Trinajstić information content (AvgIpc) is 3.47. The minimum Gasteiger partial charge on any atom is -0.454 e. The van der Waals surface area contributed by atoms with Crippen molar-refractivity contribution in [2.75, 3.05) is 26.4 Å². The molecule has 1 N–H and O–H groups in total. The molecule has 3 heterocycles. The molecule has 3 aromatic rings. The lowest BCUT2D eigenvalue weighted by Crippen LogP contribution is -2.62. The fraction of sp³-hybridized carbons (Fsp3) is 0.304. The second-order valence-electron chi connectivity index (χ2n) is 8.59. The van der Waals surface area contributed by atoms with Crippen LogP contribution < -0.4 is 14.2 Å². The van der Waals surface area contributed by atoms with E-state index < -0.39 is 5.54 Å². The Morgan fingerprint density at radius 1 is 1.12 bits per heavy atom. The van der Waals surface area contributed by atoms with Crippen LogP contribution >= 0.6 is 11.6 Å². The van der Waals surface area contributed by atoms with Crippen molar-refractivity contribution < 1.29 is 23.7 Å². The van der Waals surface area contributed by atoms with Crippen molar-refractivity contribution in [1.82, 2.24) is 19.9 Å². The zero-order valence-corrected chi connectivity index (χ0v) is 19.0. The van der Waals surface area contributed by atoms with Gasteiger partial charge in [0.2, 0.25) is 6.79 Å². The molecule has 0 atom stereocenters. The van der Waals surface area contributed by atoms with E-state index in [-0.39, 0.29) is 24.4 Å². The first-order valence-electron chi connectivity index (χ1n) is 10.6. The highest BCUT2D eigenvalue weighted by Crippen LogP contribution is 2.36. The largest absolute Gasteiger partial charge is 0.454 e. The molecule has 0 aliphatic carbocycles. The summed E-state index contributed by atoms with van der Waals surface area (Å²) in [6.45, 7) is 5.12. The fourth-order valence-electron chi connectivity index (χ4n) is 4.25. The van der Waals surface area contributed by atoms with E-state index in [1.807, 2.05) is 26.0 Å². The third-order valence-electron chi connectivity index (χ3n) is 5.88. The lowest BCUT2D eigenvalue weighted by Gasteiger charge is -2.46. The summed E-state index contributed by atoms with van der Waals surface area (Å²) in [6.07, 6.45) is 1.55. The van der Waals surface area contributed by atoms with Crippen molar-refractivity contribution in [3.8, 4) is 17.2 Å². The summed E-state index contributed by atoms with van der Waals surface area (Å²) in [5, 5.41) is 3.61. The Hall–Kier alpha value is -3.59. The summed E-state index contributed by atoms with van der Waals surface area (Å²) in [4.78, 5) is 34.3. The number of para-hydroxylation sites is 1. The molecule has 2 amide bonds. The molecule has 0 saturated carbocycles. The van der Waals surface area contributed by atoms with E-state index >= 15 is 0 Å². The van der Waals surface area contributed by atoms with Crippen molar-refractivity contribution >= 4 is 23.4 Å². The van der Waals surface area contributed by atoms with E-state index in [4.69, 9.17) is 21.1 Å². The lowest BCUT2D eigenvalue weighted by molar-refractivity contribution is -0.656. The molecule has 0 bridgehead atoms. The number of amides is 2. The first-order valence-corrected chi connectivity index (χ1v) is 10.9. The standard InChI is InChI=1S/C23H22ClN5O4/c1-23(2)12-27(21(30)17-7-4-8-18-19(17)33-14-32-18)9-10-28(23)22(31)20-25-13-29(26-20)16-6-3-5-15(24)11-16/h3-8,11,13H,9-10,12,14H2,1-2H3/p+1. The number of benzene rings is 2. The number of ether oxygens (including phenoxy) is 2. The van der Waals surface area contributed by atoms with Crippen molar-refractivity contribution in [2.45, 2.75) is 19.4 Å². The highest BCUT2D eigenvalue weighted by molar-refractivity contribution is 6.30. The summed E-state index contributed by atoms with van der Waals surface area (Å²) in [5.74, 6) is 0.883. The number of carbonyl (C=O) groups excluding carboxylic acids is 2. The monoisotopic (exact) mass is 468 g/mol. The van der Waals surface area contributed by atoms with Gasteiger partial charge in [-0.25, -0.2) is 0 Å². The van der Waals surface area contributed by atoms with Gasteiger partial charge in [0.25, 0.3) is 5.91 Å². The van der Waals surface area contributed by atoms with Crippen molar-refractivity contribution in [3.63, 3.8) is 0 Å². The van der Waals surface area contributed by atoms with Gasteiger partial charge in [-0.3, -0.25) is 9.59 Å². The molecule has 1 aromatic heterocycles. The molecule has 0 spiro atoms. The summed E-state index contributed by atoms with van der Waals surface area (Å²) >= 11 is 6.07. The Labute approximate surface area is 195 Å². The van der Waals surface area contributed by atoms with Crippen LogP contribution in [0.5, 0.6) is 11.5 Å². The van der Waals surface area contributed by atoms with Crippen molar-refractivity contribution in [3.05, 3.63) is 65.2 Å². The van der Waals surface area contributed by atoms with Crippen LogP contribution in [0.3, 0.4) is 0 Å². The maximum absolute atomic E-state index is 13.3. The molecule has 2 aliphatic heterocycles. The zero-order valence-electron chi connectivity index (χ0n) is 18.2. The third kappa shape index (κ3) is 3.89. The van der Waals surface area contributed by atoms with E-state index in [1.165, 1.54) is 0 Å². The number of piperazine rings is 1. The molecule has 5 rings (SSSR count). The van der Waals surface area contributed by atoms with Gasteiger partial charge in [-0.15, -0.1) is 4.68 Å². The molecule has 33 heavy (non-hydrogen) atoms. The van der Waals surface area contributed by atoms with E-state index in [0.717, 1.165) is 5.69 Å². The van der Waals surface area contributed by atoms with Crippen molar-refractivity contribution in [1.29, 1.82) is 0 Å². The number of nitrogens with zero attached hydrogens (tertiary/aromatic N) is 4. The van der Waals surface area contributed by atoms with Crippen LogP contribution in [0.2, 0.25) is 5.02 Å². The Morgan fingerprint density at radius 2 is 1.94 bits per heavy atom. The van der Waals surface area contributed by atoms with Crippen LogP contribution in [-0.4, -0.2) is 63.7 Å². The van der Waals surface area contributed by atoms with Gasteiger partial charge in [-0.05, 0) is 43.1 Å². The summed E-state index contributed by atoms with van der Waals surface area (Å²) in [7, 11) is 0. The number of nitrogens with one attached hydrogen (secondary N) is 1. The third-order valence-corrected chi connectivity index (χ3v) is 6.11. The highest BCUT2D eigenvalue weighted by Gasteiger charge is 2.41. The second kappa shape index (κ2) is 8.08. The first kappa shape index (κ1) is 21.3. The predicted molar refractivity (Wildman–Crippen MR) is 119 cm³/mol. The van der Waals surface area contributed by atoms with E-state index in [1.54, 1.807) is 51.1 Å². The van der Waals surface area contributed by atoms with Crippen LogP contribution in [0.1, 0.15) is 34.8 Å². The smallest absolute Gasteiger partial charge is 0.341 e. The topological polar surface area (TPSA) is 91.6 Å². The predicted octanol–water partition coefficient (Wildman–Crippen LogP) is 2.45. The Kier molecular flexibility index (Phi) is 5.20. The molecule has 0 unspecified atom stereocenters. The minimum absolute atomic E-state index is 0.103. The number of rotatable bonds is 3. The number of carbonyl (C=O) groups is 2. The van der Waals surface area contributed by atoms with Crippen LogP contribution in [0.4, 0.5) is 0 Å². The average molecular weight is 469 g/mol. The number of hydrogen-bond donors (Lipinski definition) is 1. The van der Waals surface area contributed by atoms with Gasteiger partial charge in [0.05, 0.1) is 11.1 Å². The number of halogens is 1. The van der Waals surface area contributed by atoms with Crippen LogP contribution in [0, 0.1) is 0 Å². The van der Waals surface area contributed by atoms with Gasteiger partial charge in [0.1, 0.15) is 0 Å². The molecule has 1 fully saturated rings. The number of aromatic amines is 1. The van der Waals surface area contributed by atoms with Crippen LogP contribution in [0.15, 0.2) is 48.8 Å². The fourth-order valence-corrected chi connectivity index (χ4v) is 4.43. The highest BCUT2D eigenvalue weighted by atomic mass is 35.5. The number of hydrogen-bond acceptors (Lipinski definition) is 5. The van der Waals surface area contributed by atoms with Gasteiger partial charge in [0.15, 0.2) is 17.2 Å². The molecular weight excluding hydrogens is 446 g/mol. The van der Waals surface area contributed by atoms with Gasteiger partial charge in [-0.1, -0.05) is 23.7 Å². The van der Waals surface area contributed by atoms with Gasteiger partial charge in [0, 0.05) is 30.7 Å². The van der Waals surface area contributed by atoms with Crippen molar-refractivity contribution in [2.24, 2.45) is 0 Å². The van der Waals surface area contributed by atoms with Crippen LogP contribution in [0.25, 0.3) is 5.69 Å². The van der Waals surface area contributed by atoms with Crippen LogP contribution in [-0.2, 0) is 0 Å². The molecule has 2 aliphatic rings. The SMILES string of the molecule is CC1(C)CN(C(=O)c2cccc3c2OCO3)CCN1C(=O)c1nc[n+](-c2cccc(Cl)c2)[nH]1. The molecule has 170 valence electrons. The van der Waals surface area contributed by atoms with Gasteiger partial charge >= 0.3 is 18.1 Å². The Balaban J connectivity index is 1.33. The molecule has 9 nitrogen and oxygen atoms in total. The number of fused-ring (bicyclic) bond motifs is 1. The maximum Gasteiger partial charge on any atom is 0.341 e. The Bertz CT molecular complexity index is 1240. The molecule has 0 radical (unpaired) electrons. The Morgan fingerprint density at radius 3 is 2.73 bits per heavy atom. The lowest BCUT2D eigenvalue weighted by atomic mass is 9.97. The second-order valence-corrected chi connectivity index (χ2v) is 9.03. The quantitative estimate of drug-likeness (QED) is 0.596. The summed E-state index contributed by atoms with van der Waals surface area (Å²) in [5.41, 5.74) is 0.632. The number of aromatic nitrogens is 3. The van der Waals surface area contributed by atoms with Gasteiger partial charge in [-0.2, -0.15) is 5.10 Å². The number of H-pyrrole nitrogens is 1. The van der Waals surface area contributed by atoms with Gasteiger partial charge < -0.3 is 19.3 Å². The van der Waals surface area contributed by atoms with E-state index in [9.17, 15) is 9.59 Å². The first-order chi connectivity index (χ1) is 15.8. The summed E-state index contributed by atoms with van der Waals surface area (Å²) in [6, 6.07) is 12.5. The molecule has 2 aromatic carbocycles. The van der Waals surface area contributed by atoms with E-state index in [2.05, 4.69) is 10.1 Å². The minimum atomic E-state index is -0.603. The van der Waals surface area contributed by atoms with E-state index in [0.29, 0.717) is 41.7 Å². The molecule has 1 saturated heterocycles.